The summed E-state index contributed by atoms with van der Waals surface area (Å²) in [6, 6.07) is 17.4. The average molecular weight is 366 g/mol. The fraction of sp³-hybridized carbons (Fsp3) is 0.364. The molecule has 5 nitrogen and oxygen atoms in total. The molecule has 0 aliphatic heterocycles. The number of amides is 3. The second kappa shape index (κ2) is 8.35. The first-order valence-corrected chi connectivity index (χ1v) is 9.55. The van der Waals surface area contributed by atoms with E-state index < -0.39 is 12.1 Å². The summed E-state index contributed by atoms with van der Waals surface area (Å²) in [6.07, 6.45) is 2.18. The molecule has 0 saturated heterocycles. The third-order valence-electron chi connectivity index (χ3n) is 5.17. The lowest BCUT2D eigenvalue weighted by Gasteiger charge is -2.28. The fourth-order valence-corrected chi connectivity index (χ4v) is 3.57. The molecule has 4 N–H and O–H groups in total. The maximum atomic E-state index is 12.8. The number of hydrogen-bond acceptors (Lipinski definition) is 2. The van der Waals surface area contributed by atoms with Gasteiger partial charge in [0, 0.05) is 24.0 Å². The highest BCUT2D eigenvalue weighted by molar-refractivity contribution is 5.96. The molecule has 142 valence electrons. The minimum atomic E-state index is -0.808. The number of hydrogen-bond donors (Lipinski definition) is 3. The minimum Gasteiger partial charge on any atom is -0.351 e. The summed E-state index contributed by atoms with van der Waals surface area (Å²) >= 11 is 0. The highest BCUT2D eigenvalue weighted by Gasteiger charge is 2.42. The summed E-state index contributed by atoms with van der Waals surface area (Å²) in [6.45, 7) is 5.08. The van der Waals surface area contributed by atoms with E-state index in [9.17, 15) is 9.59 Å². The van der Waals surface area contributed by atoms with Crippen LogP contribution in [0.25, 0.3) is 0 Å². The lowest BCUT2D eigenvalue weighted by Crippen LogP contribution is -3.13. The van der Waals surface area contributed by atoms with Gasteiger partial charge < -0.3 is 10.6 Å². The lowest BCUT2D eigenvalue weighted by atomic mass is 10.00. The number of carbonyl (C=O) groups excluding carboxylic acids is 2. The Kier molecular flexibility index (Phi) is 5.91. The van der Waals surface area contributed by atoms with E-state index in [0.717, 1.165) is 29.8 Å². The van der Waals surface area contributed by atoms with Gasteiger partial charge in [0.05, 0.1) is 6.04 Å². The summed E-state index contributed by atoms with van der Waals surface area (Å²) in [5.41, 5.74) is 8.61. The number of quaternary nitrogens is 1. The Morgan fingerprint density at radius 1 is 1.04 bits per heavy atom. The summed E-state index contributed by atoms with van der Waals surface area (Å²) in [7, 11) is 0. The van der Waals surface area contributed by atoms with E-state index in [-0.39, 0.29) is 5.91 Å². The standard InChI is InChI=1S/C22H27N3O2/c1-15(2)17-10-8-16(9-11-17)14-25(19-12-13-19)20(21(26)24-22(23)27)18-6-4-3-5-7-18/h3-11,15,19-20H,12-14H2,1-2H3,(H3,23,24,26,27)/p+1/t20-/m1/s1. The molecule has 0 radical (unpaired) electrons. The Balaban J connectivity index is 1.88. The second-order valence-corrected chi connectivity index (χ2v) is 7.62. The van der Waals surface area contributed by atoms with Gasteiger partial charge in [0.15, 0.2) is 6.04 Å². The number of nitrogens with one attached hydrogen (secondary N) is 2. The fourth-order valence-electron chi connectivity index (χ4n) is 3.57. The third-order valence-corrected chi connectivity index (χ3v) is 5.17. The van der Waals surface area contributed by atoms with Crippen LogP contribution in [0, 0.1) is 0 Å². The van der Waals surface area contributed by atoms with Crippen molar-refractivity contribution in [1.29, 1.82) is 0 Å². The summed E-state index contributed by atoms with van der Waals surface area (Å²) in [5, 5.41) is 2.29. The van der Waals surface area contributed by atoms with Gasteiger partial charge in [-0.3, -0.25) is 10.1 Å². The van der Waals surface area contributed by atoms with Crippen LogP contribution < -0.4 is 16.0 Å². The van der Waals surface area contributed by atoms with Crippen molar-refractivity contribution in [1.82, 2.24) is 5.32 Å². The van der Waals surface area contributed by atoms with E-state index in [1.807, 2.05) is 30.3 Å². The molecule has 2 aromatic carbocycles. The molecule has 3 rings (SSSR count). The maximum Gasteiger partial charge on any atom is 0.319 e. The van der Waals surface area contributed by atoms with Gasteiger partial charge in [0.2, 0.25) is 0 Å². The zero-order chi connectivity index (χ0) is 19.4. The normalized spacial score (nSPS) is 16.0. The van der Waals surface area contributed by atoms with Crippen molar-refractivity contribution in [3.63, 3.8) is 0 Å². The molecule has 1 saturated carbocycles. The largest absolute Gasteiger partial charge is 0.351 e. The summed E-state index contributed by atoms with van der Waals surface area (Å²) in [4.78, 5) is 25.3. The van der Waals surface area contributed by atoms with Gasteiger partial charge in [-0.2, -0.15) is 0 Å². The molecule has 1 fully saturated rings. The first-order chi connectivity index (χ1) is 13.0. The predicted octanol–water partition coefficient (Wildman–Crippen LogP) is 2.29. The van der Waals surface area contributed by atoms with Crippen LogP contribution in [0.3, 0.4) is 0 Å². The molecule has 0 aromatic heterocycles. The zero-order valence-corrected chi connectivity index (χ0v) is 15.9. The molecule has 1 aliphatic carbocycles. The lowest BCUT2D eigenvalue weighted by molar-refractivity contribution is -0.946. The van der Waals surface area contributed by atoms with Gasteiger partial charge in [-0.1, -0.05) is 68.4 Å². The molecule has 1 unspecified atom stereocenters. The van der Waals surface area contributed by atoms with Crippen LogP contribution in [0.5, 0.6) is 0 Å². The number of benzene rings is 2. The van der Waals surface area contributed by atoms with Gasteiger partial charge in [-0.15, -0.1) is 0 Å². The molecule has 3 amide bonds. The van der Waals surface area contributed by atoms with E-state index in [1.165, 1.54) is 11.1 Å². The van der Waals surface area contributed by atoms with Crippen LogP contribution in [0.4, 0.5) is 4.79 Å². The van der Waals surface area contributed by atoms with Crippen LogP contribution in [-0.4, -0.2) is 18.0 Å². The quantitative estimate of drug-likeness (QED) is 0.703. The van der Waals surface area contributed by atoms with E-state index >= 15 is 0 Å². The van der Waals surface area contributed by atoms with Gasteiger partial charge in [-0.05, 0) is 11.5 Å². The maximum absolute atomic E-state index is 12.8. The van der Waals surface area contributed by atoms with E-state index in [2.05, 4.69) is 43.4 Å². The topological polar surface area (TPSA) is 76.6 Å². The van der Waals surface area contributed by atoms with E-state index in [1.54, 1.807) is 0 Å². The van der Waals surface area contributed by atoms with Crippen molar-refractivity contribution in [2.24, 2.45) is 5.73 Å². The molecule has 1 aliphatic rings. The van der Waals surface area contributed by atoms with Crippen LogP contribution in [0.1, 0.15) is 55.3 Å². The Labute approximate surface area is 160 Å². The Morgan fingerprint density at radius 2 is 1.67 bits per heavy atom. The van der Waals surface area contributed by atoms with Crippen molar-refractivity contribution < 1.29 is 14.5 Å². The van der Waals surface area contributed by atoms with Crippen molar-refractivity contribution in [3.05, 3.63) is 71.3 Å². The van der Waals surface area contributed by atoms with Gasteiger partial charge in [0.25, 0.3) is 5.91 Å². The van der Waals surface area contributed by atoms with Crippen molar-refractivity contribution in [3.8, 4) is 0 Å². The number of nitrogens with two attached hydrogens (primary N) is 1. The van der Waals surface area contributed by atoms with E-state index in [0.29, 0.717) is 12.0 Å². The molecule has 0 bridgehead atoms. The number of primary amides is 1. The zero-order valence-electron chi connectivity index (χ0n) is 15.9. The highest BCUT2D eigenvalue weighted by Crippen LogP contribution is 2.21. The number of imide groups is 1. The molecule has 27 heavy (non-hydrogen) atoms. The molecule has 0 heterocycles. The van der Waals surface area contributed by atoms with Crippen LogP contribution >= 0.6 is 0 Å². The van der Waals surface area contributed by atoms with Crippen LogP contribution in [-0.2, 0) is 11.3 Å². The van der Waals surface area contributed by atoms with Crippen molar-refractivity contribution in [2.45, 2.75) is 51.2 Å². The summed E-state index contributed by atoms with van der Waals surface area (Å²) in [5.74, 6) is 0.152. The summed E-state index contributed by atoms with van der Waals surface area (Å²) < 4.78 is 0. The highest BCUT2D eigenvalue weighted by atomic mass is 16.2. The van der Waals surface area contributed by atoms with Crippen LogP contribution in [0.2, 0.25) is 0 Å². The monoisotopic (exact) mass is 366 g/mol. The van der Waals surface area contributed by atoms with Crippen LogP contribution in [0.15, 0.2) is 54.6 Å². The Hall–Kier alpha value is -2.66. The Morgan fingerprint density at radius 3 is 2.19 bits per heavy atom. The molecule has 5 heteroatoms. The van der Waals surface area contributed by atoms with E-state index in [4.69, 9.17) is 5.73 Å². The Bertz CT molecular complexity index is 783. The first-order valence-electron chi connectivity index (χ1n) is 9.55. The number of carbonyl (C=O) groups is 2. The van der Waals surface area contributed by atoms with Crippen molar-refractivity contribution in [2.75, 3.05) is 0 Å². The molecule has 2 atom stereocenters. The molecular formula is C22H28N3O2+. The number of rotatable bonds is 7. The SMILES string of the molecule is CC(C)c1ccc(C[NH+](C2CC2)[C@@H](C(=O)NC(N)=O)c2ccccc2)cc1. The molecule has 2 aromatic rings. The average Bonchev–Trinajstić information content (AvgIpc) is 3.47. The smallest absolute Gasteiger partial charge is 0.319 e. The third kappa shape index (κ3) is 4.95. The van der Waals surface area contributed by atoms with Gasteiger partial charge in [-0.25, -0.2) is 4.79 Å². The minimum absolute atomic E-state index is 0.339. The molecule has 0 spiro atoms. The first kappa shape index (κ1) is 19.1. The predicted molar refractivity (Wildman–Crippen MR) is 105 cm³/mol. The second-order valence-electron chi connectivity index (χ2n) is 7.62. The number of urea groups is 1. The molecular weight excluding hydrogens is 338 g/mol. The van der Waals surface area contributed by atoms with Crippen molar-refractivity contribution >= 4 is 11.9 Å². The van der Waals surface area contributed by atoms with Gasteiger partial charge in [0.1, 0.15) is 6.54 Å². The van der Waals surface area contributed by atoms with Gasteiger partial charge >= 0.3 is 6.03 Å².